The van der Waals surface area contributed by atoms with Gasteiger partial charge in [0.25, 0.3) is 5.91 Å². The van der Waals surface area contributed by atoms with Gasteiger partial charge in [-0.15, -0.1) is 0 Å². The molecule has 1 rings (SSSR count). The average molecular weight is 330 g/mol. The van der Waals surface area contributed by atoms with Gasteiger partial charge in [-0.1, -0.05) is 29.8 Å². The van der Waals surface area contributed by atoms with E-state index in [1.54, 1.807) is 12.1 Å². The smallest absolute Gasteiger partial charge is 0.258 e. The van der Waals surface area contributed by atoms with Gasteiger partial charge >= 0.3 is 0 Å². The highest BCUT2D eigenvalue weighted by molar-refractivity contribution is 9.10. The van der Waals surface area contributed by atoms with E-state index in [0.29, 0.717) is 11.3 Å². The van der Waals surface area contributed by atoms with Crippen molar-refractivity contribution in [1.82, 2.24) is 5.32 Å². The molecule has 5 heteroatoms. The van der Waals surface area contributed by atoms with Gasteiger partial charge in [0.05, 0.1) is 6.61 Å². The van der Waals surface area contributed by atoms with Gasteiger partial charge in [0.1, 0.15) is 5.75 Å². The Hall–Kier alpha value is -1.07. The molecule has 0 saturated carbocycles. The molecule has 106 valence electrons. The van der Waals surface area contributed by atoms with Crippen molar-refractivity contribution in [2.24, 2.45) is 0 Å². The highest BCUT2D eigenvalue weighted by Crippen LogP contribution is 2.23. The molecule has 0 heterocycles. The van der Waals surface area contributed by atoms with Gasteiger partial charge in [0.15, 0.2) is 6.61 Å². The lowest BCUT2D eigenvalue weighted by Gasteiger charge is -2.15. The molecule has 0 bridgehead atoms. The summed E-state index contributed by atoms with van der Waals surface area (Å²) in [6.07, 6.45) is 1.81. The number of halogens is 1. The molecule has 0 fully saturated rings. The van der Waals surface area contributed by atoms with Crippen molar-refractivity contribution >= 4 is 21.8 Å². The lowest BCUT2D eigenvalue weighted by molar-refractivity contribution is -0.123. The van der Waals surface area contributed by atoms with Crippen molar-refractivity contribution < 1.29 is 14.6 Å². The van der Waals surface area contributed by atoms with Crippen molar-refractivity contribution in [2.45, 2.75) is 39.3 Å². The summed E-state index contributed by atoms with van der Waals surface area (Å²) >= 11 is 3.32. The van der Waals surface area contributed by atoms with Gasteiger partial charge in [-0.05, 0) is 31.0 Å². The third-order valence-electron chi connectivity index (χ3n) is 2.90. The lowest BCUT2D eigenvalue weighted by Crippen LogP contribution is -2.37. The van der Waals surface area contributed by atoms with Crippen LogP contribution in [0.4, 0.5) is 0 Å². The normalized spacial score (nSPS) is 10.6. The van der Waals surface area contributed by atoms with Crippen molar-refractivity contribution in [1.29, 1.82) is 0 Å². The standard InChI is InChI=1S/C14H20BrNO3/c1-3-12(4-2)16-14(18)9-19-13-6-5-11(15)7-10(13)8-17/h5-7,12,17H,3-4,8-9H2,1-2H3,(H,16,18). The number of carbonyl (C=O) groups excluding carboxylic acids is 1. The predicted octanol–water partition coefficient (Wildman–Crippen LogP) is 2.63. The predicted molar refractivity (Wildman–Crippen MR) is 78.1 cm³/mol. The number of aliphatic hydroxyl groups excluding tert-OH is 1. The summed E-state index contributed by atoms with van der Waals surface area (Å²) in [6.45, 7) is 3.91. The Labute approximate surface area is 122 Å². The average Bonchev–Trinajstić information content (AvgIpc) is 2.43. The van der Waals surface area contributed by atoms with Gasteiger partial charge in [-0.2, -0.15) is 0 Å². The molecule has 0 aliphatic carbocycles. The van der Waals surface area contributed by atoms with Crippen LogP contribution in [0.2, 0.25) is 0 Å². The fraction of sp³-hybridized carbons (Fsp3) is 0.500. The Kier molecular flexibility index (Phi) is 6.87. The van der Waals surface area contributed by atoms with Crippen LogP contribution in [0, 0.1) is 0 Å². The van der Waals surface area contributed by atoms with Crippen molar-refractivity contribution in [3.8, 4) is 5.75 Å². The summed E-state index contributed by atoms with van der Waals surface area (Å²) in [5.41, 5.74) is 0.657. The van der Waals surface area contributed by atoms with Crippen LogP contribution in [0.15, 0.2) is 22.7 Å². The first-order valence-corrected chi connectivity index (χ1v) is 7.21. The summed E-state index contributed by atoms with van der Waals surface area (Å²) < 4.78 is 6.31. The van der Waals surface area contributed by atoms with Crippen LogP contribution in [-0.2, 0) is 11.4 Å². The van der Waals surface area contributed by atoms with Crippen LogP contribution >= 0.6 is 15.9 Å². The Bertz CT molecular complexity index is 419. The molecule has 1 aromatic carbocycles. The van der Waals surface area contributed by atoms with E-state index in [-0.39, 0.29) is 25.2 Å². The second-order valence-electron chi connectivity index (χ2n) is 4.28. The van der Waals surface area contributed by atoms with Crippen molar-refractivity contribution in [3.05, 3.63) is 28.2 Å². The third-order valence-corrected chi connectivity index (χ3v) is 3.40. The largest absolute Gasteiger partial charge is 0.483 e. The molecule has 0 saturated heterocycles. The number of aliphatic hydroxyl groups is 1. The van der Waals surface area contributed by atoms with Crippen LogP contribution in [-0.4, -0.2) is 23.7 Å². The monoisotopic (exact) mass is 329 g/mol. The fourth-order valence-electron chi connectivity index (χ4n) is 1.72. The quantitative estimate of drug-likeness (QED) is 0.808. The first kappa shape index (κ1) is 16.0. The van der Waals surface area contributed by atoms with Gasteiger partial charge in [0, 0.05) is 16.1 Å². The number of amides is 1. The lowest BCUT2D eigenvalue weighted by atomic mass is 10.2. The number of hydrogen-bond donors (Lipinski definition) is 2. The van der Waals surface area contributed by atoms with E-state index in [1.807, 2.05) is 19.9 Å². The van der Waals surface area contributed by atoms with E-state index in [2.05, 4.69) is 21.2 Å². The van der Waals surface area contributed by atoms with Gasteiger partial charge in [-0.25, -0.2) is 0 Å². The number of nitrogens with one attached hydrogen (secondary N) is 1. The zero-order valence-electron chi connectivity index (χ0n) is 11.3. The van der Waals surface area contributed by atoms with Crippen LogP contribution in [0.1, 0.15) is 32.3 Å². The molecule has 0 aliphatic heterocycles. The van der Waals surface area contributed by atoms with E-state index < -0.39 is 0 Å². The molecule has 0 aromatic heterocycles. The number of rotatable bonds is 7. The molecule has 0 radical (unpaired) electrons. The minimum absolute atomic E-state index is 0.0366. The molecule has 0 aliphatic rings. The third kappa shape index (κ3) is 5.20. The molecule has 0 atom stereocenters. The SMILES string of the molecule is CCC(CC)NC(=O)COc1ccc(Br)cc1CO. The molecule has 2 N–H and O–H groups in total. The first-order valence-electron chi connectivity index (χ1n) is 6.42. The Morgan fingerprint density at radius 2 is 2.11 bits per heavy atom. The summed E-state index contributed by atoms with van der Waals surface area (Å²) in [5.74, 6) is 0.394. The van der Waals surface area contributed by atoms with Gasteiger partial charge in [-0.3, -0.25) is 4.79 Å². The number of ether oxygens (including phenoxy) is 1. The van der Waals surface area contributed by atoms with E-state index >= 15 is 0 Å². The summed E-state index contributed by atoms with van der Waals surface area (Å²) in [6, 6.07) is 5.51. The van der Waals surface area contributed by atoms with Crippen molar-refractivity contribution in [2.75, 3.05) is 6.61 Å². The minimum Gasteiger partial charge on any atom is -0.483 e. The van der Waals surface area contributed by atoms with E-state index in [4.69, 9.17) is 4.74 Å². The molecule has 4 nitrogen and oxygen atoms in total. The number of carbonyl (C=O) groups is 1. The molecule has 0 unspecified atom stereocenters. The van der Waals surface area contributed by atoms with Crippen LogP contribution in [0.3, 0.4) is 0 Å². The second kappa shape index (κ2) is 8.17. The van der Waals surface area contributed by atoms with Crippen LogP contribution in [0.25, 0.3) is 0 Å². The molecule has 19 heavy (non-hydrogen) atoms. The van der Waals surface area contributed by atoms with Gasteiger partial charge < -0.3 is 15.2 Å². The highest BCUT2D eigenvalue weighted by Gasteiger charge is 2.10. The number of benzene rings is 1. The maximum atomic E-state index is 11.7. The maximum absolute atomic E-state index is 11.7. The second-order valence-corrected chi connectivity index (χ2v) is 5.20. The number of hydrogen-bond acceptors (Lipinski definition) is 3. The van der Waals surface area contributed by atoms with E-state index in [0.717, 1.165) is 17.3 Å². The Morgan fingerprint density at radius 3 is 2.68 bits per heavy atom. The van der Waals surface area contributed by atoms with Gasteiger partial charge in [0.2, 0.25) is 0 Å². The minimum atomic E-state index is -0.138. The van der Waals surface area contributed by atoms with Crippen LogP contribution in [0.5, 0.6) is 5.75 Å². The fourth-order valence-corrected chi connectivity index (χ4v) is 2.13. The molecular formula is C14H20BrNO3. The molecule has 0 spiro atoms. The Morgan fingerprint density at radius 1 is 1.42 bits per heavy atom. The summed E-state index contributed by atoms with van der Waals surface area (Å²) in [7, 11) is 0. The topological polar surface area (TPSA) is 58.6 Å². The zero-order valence-corrected chi connectivity index (χ0v) is 12.9. The van der Waals surface area contributed by atoms with Crippen LogP contribution < -0.4 is 10.1 Å². The first-order chi connectivity index (χ1) is 9.10. The maximum Gasteiger partial charge on any atom is 0.258 e. The van der Waals surface area contributed by atoms with Crippen molar-refractivity contribution in [3.63, 3.8) is 0 Å². The zero-order chi connectivity index (χ0) is 14.3. The highest BCUT2D eigenvalue weighted by atomic mass is 79.9. The summed E-state index contributed by atoms with van der Waals surface area (Å²) in [4.78, 5) is 11.7. The Balaban J connectivity index is 2.54. The molecule has 1 aromatic rings. The molecule has 1 amide bonds. The molecular weight excluding hydrogens is 310 g/mol. The van der Waals surface area contributed by atoms with E-state index in [9.17, 15) is 9.90 Å². The van der Waals surface area contributed by atoms with E-state index in [1.165, 1.54) is 0 Å². The summed E-state index contributed by atoms with van der Waals surface area (Å²) in [5, 5.41) is 12.1.